The van der Waals surface area contributed by atoms with E-state index >= 15 is 0 Å². The Labute approximate surface area is 464 Å². The summed E-state index contributed by atoms with van der Waals surface area (Å²) in [6, 6.07) is 0. The molecule has 2 unspecified atom stereocenters. The van der Waals surface area contributed by atoms with Crippen molar-refractivity contribution >= 4 is 11.9 Å². The average molecular weight is 1150 g/mol. The molecule has 25 nitrogen and oxygen atoms in total. The molecule has 9 rings (SSSR count). The average Bonchev–Trinajstić information content (AvgIpc) is 2.51. The van der Waals surface area contributed by atoms with Gasteiger partial charge in [0.15, 0.2) is 18.9 Å². The maximum absolute atomic E-state index is 14.9. The van der Waals surface area contributed by atoms with Crippen LogP contribution >= 0.6 is 0 Å². The molecule has 4 heterocycles. The molecular weight excluding hydrogens is 1060 g/mol. The van der Waals surface area contributed by atoms with E-state index in [4.69, 9.17) is 42.6 Å². The van der Waals surface area contributed by atoms with Crippen LogP contribution in [0.5, 0.6) is 0 Å². The molecule has 0 aromatic rings. The van der Waals surface area contributed by atoms with Crippen LogP contribution in [0.4, 0.5) is 0 Å². The highest BCUT2D eigenvalue weighted by atomic mass is 16.8. The first kappa shape index (κ1) is 62.4. The van der Waals surface area contributed by atoms with Gasteiger partial charge in [-0.05, 0) is 112 Å². The third-order valence-electron chi connectivity index (χ3n) is 22.0. The molecule has 14 N–H and O–H groups in total. The van der Waals surface area contributed by atoms with E-state index in [0.717, 1.165) is 5.57 Å². The van der Waals surface area contributed by atoms with Crippen molar-refractivity contribution < 1.29 is 124 Å². The molecule has 8 fully saturated rings. The molecule has 30 atom stereocenters. The SMILES string of the molecule is COC(=O)[C@@]1(C)CC[C@]2(C(=O)O[C@@H]3O[C@H](CO)[C@@H](O)[C@H](O)[C@H]3O)CC[C@]3(C)C(=CCC4[C@@]5(C)CC[C@H](O[C@@H]6O[C@H](CO)[C@@H](O)[C@H](O[C@@H]7O[C@H](CO)[C@@H](O)[C@H](O)[C@H]7O[C@@H]7O[C@@H](C)[C@H](O)[C@@H](O)[C@H]7O)[C@H]6O)[C@@](C)(CO)C5CC[C@]43C)[C@@H]2C1. The fourth-order valence-electron chi connectivity index (χ4n) is 16.7. The fourth-order valence-corrected chi connectivity index (χ4v) is 16.7. The molecule has 4 aliphatic heterocycles. The van der Waals surface area contributed by atoms with Gasteiger partial charge < -0.3 is 114 Å². The lowest BCUT2D eigenvalue weighted by Gasteiger charge is -2.71. The molecule has 0 aromatic carbocycles. The van der Waals surface area contributed by atoms with E-state index in [1.807, 2.05) is 13.8 Å². The molecule has 4 saturated carbocycles. The number of carbonyl (C=O) groups is 2. The molecule has 458 valence electrons. The van der Waals surface area contributed by atoms with E-state index in [2.05, 4.69) is 26.8 Å². The zero-order valence-electron chi connectivity index (χ0n) is 46.6. The van der Waals surface area contributed by atoms with Gasteiger partial charge in [-0.2, -0.15) is 0 Å². The maximum atomic E-state index is 14.9. The Kier molecular flexibility index (Phi) is 17.9. The van der Waals surface area contributed by atoms with Gasteiger partial charge in [0.25, 0.3) is 0 Å². The molecule has 0 amide bonds. The lowest BCUT2D eigenvalue weighted by atomic mass is 9.33. The fraction of sp³-hybridized carbons (Fsp3) is 0.927. The van der Waals surface area contributed by atoms with E-state index in [1.165, 1.54) is 14.0 Å². The summed E-state index contributed by atoms with van der Waals surface area (Å²) in [5, 5.41) is 151. The minimum atomic E-state index is -1.91. The number of hydrogen-bond acceptors (Lipinski definition) is 25. The monoisotopic (exact) mass is 1150 g/mol. The van der Waals surface area contributed by atoms with Gasteiger partial charge in [-0.3, -0.25) is 9.59 Å². The largest absolute Gasteiger partial charge is 0.469 e. The number of aliphatic hydroxyl groups excluding tert-OH is 14. The van der Waals surface area contributed by atoms with Crippen molar-refractivity contribution in [2.45, 2.75) is 235 Å². The van der Waals surface area contributed by atoms with Gasteiger partial charge >= 0.3 is 11.9 Å². The summed E-state index contributed by atoms with van der Waals surface area (Å²) in [5.74, 6) is -1.78. The highest BCUT2D eigenvalue weighted by Crippen LogP contribution is 2.76. The lowest BCUT2D eigenvalue weighted by Crippen LogP contribution is -2.68. The van der Waals surface area contributed by atoms with Gasteiger partial charge in [0, 0.05) is 5.41 Å². The first-order chi connectivity index (χ1) is 37.6. The van der Waals surface area contributed by atoms with Crippen molar-refractivity contribution in [1.29, 1.82) is 0 Å². The molecule has 80 heavy (non-hydrogen) atoms. The molecule has 5 aliphatic carbocycles. The van der Waals surface area contributed by atoms with Gasteiger partial charge in [0.1, 0.15) is 91.6 Å². The number of esters is 2. The summed E-state index contributed by atoms with van der Waals surface area (Å²) < 4.78 is 53.1. The zero-order valence-corrected chi connectivity index (χ0v) is 46.6. The van der Waals surface area contributed by atoms with E-state index in [9.17, 15) is 81.1 Å². The number of allylic oxidation sites excluding steroid dienone is 2. The lowest BCUT2D eigenvalue weighted by molar-refractivity contribution is -0.391. The number of carbonyl (C=O) groups excluding carboxylic acids is 2. The number of methoxy groups -OCH3 is 1. The van der Waals surface area contributed by atoms with Crippen LogP contribution in [0.3, 0.4) is 0 Å². The quantitative estimate of drug-likeness (QED) is 0.0500. The van der Waals surface area contributed by atoms with Crippen LogP contribution in [0.1, 0.15) is 106 Å². The third-order valence-corrected chi connectivity index (χ3v) is 22.0. The standard InChI is InChI=1S/C55H88O25/c1-23-32(60)36(64)39(67)44(73-23)79-43-38(66)34(62)27(20-57)76-47(43)78-42-35(63)28(21-58)75-46(41(42)69)77-31-11-12-51(3)29(52(31,4)22-59)10-13-54(6)30(51)9-8-24-25-18-50(2,48(70)72-7)14-16-55(25,17-15-53(24,54)5)49(71)80-45-40(68)37(65)33(61)26(19-56)74-45/h8,23,25-47,56-69H,9-22H2,1-7H3/t23-,25-,26+,27+,28+,29?,30?,31-,32-,33+,34+,35+,36+,37-,38-,39+,40+,41+,42-,43+,44-,45-,46-,47-,50-,51-,52-,53+,54+,55-/m0/s1. The number of fused-ring (bicyclic) bond motifs is 7. The first-order valence-corrected chi connectivity index (χ1v) is 28.4. The number of hydrogen-bond donors (Lipinski definition) is 14. The number of ether oxygens (including phenoxy) is 9. The molecule has 0 spiro atoms. The second-order valence-corrected chi connectivity index (χ2v) is 26.0. The maximum Gasteiger partial charge on any atom is 0.315 e. The Bertz CT molecular complexity index is 2240. The summed E-state index contributed by atoms with van der Waals surface area (Å²) >= 11 is 0. The summed E-state index contributed by atoms with van der Waals surface area (Å²) in [6.45, 7) is 9.27. The van der Waals surface area contributed by atoms with E-state index in [-0.39, 0.29) is 31.3 Å². The molecule has 25 heteroatoms. The summed E-state index contributed by atoms with van der Waals surface area (Å²) in [4.78, 5) is 28.5. The van der Waals surface area contributed by atoms with E-state index in [1.54, 1.807) is 0 Å². The Morgan fingerprint density at radius 2 is 1.12 bits per heavy atom. The van der Waals surface area contributed by atoms with Crippen molar-refractivity contribution in [2.75, 3.05) is 33.5 Å². The van der Waals surface area contributed by atoms with E-state index < -0.39 is 199 Å². The number of aliphatic hydroxyl groups is 14. The normalized spacial score (nSPS) is 54.2. The highest BCUT2D eigenvalue weighted by Gasteiger charge is 2.71. The van der Waals surface area contributed by atoms with Crippen LogP contribution in [-0.2, 0) is 52.2 Å². The Morgan fingerprint density at radius 1 is 0.562 bits per heavy atom. The number of rotatable bonds is 13. The van der Waals surface area contributed by atoms with Crippen molar-refractivity contribution in [2.24, 2.45) is 50.2 Å². The van der Waals surface area contributed by atoms with Crippen LogP contribution in [-0.4, -0.2) is 246 Å². The summed E-state index contributed by atoms with van der Waals surface area (Å²) in [6.07, 6.45) is -27.4. The minimum Gasteiger partial charge on any atom is -0.469 e. The summed E-state index contributed by atoms with van der Waals surface area (Å²) in [5.41, 5.74) is -3.48. The Hall–Kier alpha value is -2.16. The van der Waals surface area contributed by atoms with Crippen LogP contribution in [0.15, 0.2) is 11.6 Å². The molecule has 4 saturated heterocycles. The zero-order chi connectivity index (χ0) is 58.6. The van der Waals surface area contributed by atoms with Gasteiger partial charge in [0.05, 0.1) is 56.6 Å². The van der Waals surface area contributed by atoms with Gasteiger partial charge in [-0.15, -0.1) is 0 Å². The predicted octanol–water partition coefficient (Wildman–Crippen LogP) is -2.88. The second kappa shape index (κ2) is 22.9. The van der Waals surface area contributed by atoms with Crippen LogP contribution in [0.2, 0.25) is 0 Å². The summed E-state index contributed by atoms with van der Waals surface area (Å²) in [7, 11) is 1.34. The van der Waals surface area contributed by atoms with Crippen LogP contribution < -0.4 is 0 Å². The first-order valence-electron chi connectivity index (χ1n) is 28.4. The molecular formula is C55H88O25. The van der Waals surface area contributed by atoms with Crippen LogP contribution in [0.25, 0.3) is 0 Å². The molecule has 0 aromatic heterocycles. The highest BCUT2D eigenvalue weighted by molar-refractivity contribution is 5.81. The smallest absolute Gasteiger partial charge is 0.315 e. The topological polar surface area (TPSA) is 400 Å². The predicted molar refractivity (Wildman–Crippen MR) is 269 cm³/mol. The van der Waals surface area contributed by atoms with Gasteiger partial charge in [-0.25, -0.2) is 0 Å². The second-order valence-electron chi connectivity index (χ2n) is 26.0. The Balaban J connectivity index is 0.965. The minimum absolute atomic E-state index is 0.0145. The van der Waals surface area contributed by atoms with Crippen molar-refractivity contribution in [3.8, 4) is 0 Å². The molecule has 0 radical (unpaired) electrons. The third kappa shape index (κ3) is 9.83. The van der Waals surface area contributed by atoms with Gasteiger partial charge in [0.2, 0.25) is 6.29 Å². The Morgan fingerprint density at radius 3 is 1.76 bits per heavy atom. The van der Waals surface area contributed by atoms with Crippen molar-refractivity contribution in [3.05, 3.63) is 11.6 Å². The van der Waals surface area contributed by atoms with Crippen molar-refractivity contribution in [1.82, 2.24) is 0 Å². The van der Waals surface area contributed by atoms with Crippen LogP contribution in [0, 0.1) is 50.2 Å². The van der Waals surface area contributed by atoms with E-state index in [0.29, 0.717) is 51.4 Å². The van der Waals surface area contributed by atoms with Gasteiger partial charge in [-0.1, -0.05) is 39.3 Å². The van der Waals surface area contributed by atoms with Crippen molar-refractivity contribution in [3.63, 3.8) is 0 Å². The molecule has 9 aliphatic rings. The molecule has 0 bridgehead atoms.